The van der Waals surface area contributed by atoms with Gasteiger partial charge in [0, 0.05) is 0 Å². The minimum atomic E-state index is -5.81. The van der Waals surface area contributed by atoms with Crippen molar-refractivity contribution in [2.45, 2.75) is 11.2 Å². The fourth-order valence-electron chi connectivity index (χ4n) is 4.76. The summed E-state index contributed by atoms with van der Waals surface area (Å²) in [4.78, 5) is 39.4. The Labute approximate surface area is 207 Å². The summed E-state index contributed by atoms with van der Waals surface area (Å²) in [6.07, 6.45) is 0. The van der Waals surface area contributed by atoms with Crippen molar-refractivity contribution in [2.75, 3.05) is 0 Å². The fraction of sp³-hybridized carbons (Fsp3) is 0.0714. The van der Waals surface area contributed by atoms with Crippen molar-refractivity contribution < 1.29 is 32.6 Å². The molecule has 0 saturated carbocycles. The third kappa shape index (κ3) is 3.15. The second kappa shape index (κ2) is 7.82. The van der Waals surface area contributed by atoms with Gasteiger partial charge in [-0.3, -0.25) is 0 Å². The Balaban J connectivity index is 1.56. The molecule has 8 heteroatoms. The van der Waals surface area contributed by atoms with Crippen LogP contribution in [0.5, 0.6) is 0 Å². The van der Waals surface area contributed by atoms with Crippen LogP contribution < -0.4 is 0 Å². The number of hydrogen-bond acceptors (Lipinski definition) is 7. The number of hydrogen-bond donors (Lipinski definition) is 1. The van der Waals surface area contributed by atoms with Crippen molar-refractivity contribution in [2.24, 2.45) is 0 Å². The number of carbonyl (C=O) groups excluding carboxylic acids is 2. The first-order valence-electron chi connectivity index (χ1n) is 11.3. The van der Waals surface area contributed by atoms with Gasteiger partial charge in [0.2, 0.25) is 0 Å². The third-order valence-electron chi connectivity index (χ3n) is 6.35. The molecule has 2 fully saturated rings. The van der Waals surface area contributed by atoms with Crippen molar-refractivity contribution >= 4 is 19.7 Å². The minimum absolute atomic E-state index is 0.383. The molecule has 0 aliphatic carbocycles. The molecule has 0 amide bonds. The van der Waals surface area contributed by atoms with Gasteiger partial charge in [-0.1, -0.05) is 0 Å². The first-order valence-corrected chi connectivity index (χ1v) is 13.2. The summed E-state index contributed by atoms with van der Waals surface area (Å²) < 4.78 is 23.5. The van der Waals surface area contributed by atoms with Gasteiger partial charge in [0.05, 0.1) is 0 Å². The summed E-state index contributed by atoms with van der Waals surface area (Å²) >= 11 is 0. The van der Waals surface area contributed by atoms with Crippen LogP contribution in [0.1, 0.15) is 22.3 Å². The Bertz CT molecular complexity index is 1250. The van der Waals surface area contributed by atoms with Gasteiger partial charge in [0.25, 0.3) is 0 Å². The molecule has 4 aromatic rings. The van der Waals surface area contributed by atoms with Crippen molar-refractivity contribution in [3.8, 4) is 0 Å². The zero-order valence-corrected chi connectivity index (χ0v) is 19.8. The molecule has 0 unspecified atom stereocenters. The third-order valence-corrected chi connectivity index (χ3v) is 8.45. The molecule has 4 aromatic carbocycles. The zero-order valence-electron chi connectivity index (χ0n) is 18.9. The van der Waals surface area contributed by atoms with E-state index in [2.05, 4.69) is 0 Å². The van der Waals surface area contributed by atoms with Gasteiger partial charge in [-0.2, -0.15) is 0 Å². The number of carbonyl (C=O) groups is 2. The van der Waals surface area contributed by atoms with E-state index in [0.717, 1.165) is 0 Å². The van der Waals surface area contributed by atoms with E-state index in [4.69, 9.17) is 18.1 Å². The average Bonchev–Trinajstić information content (AvgIpc) is 3.32. The second-order valence-electron chi connectivity index (χ2n) is 8.54. The van der Waals surface area contributed by atoms with E-state index in [-0.39, 0.29) is 0 Å². The van der Waals surface area contributed by atoms with E-state index < -0.39 is 30.9 Å². The van der Waals surface area contributed by atoms with Gasteiger partial charge in [-0.05, 0) is 0 Å². The van der Waals surface area contributed by atoms with Gasteiger partial charge >= 0.3 is 207 Å². The van der Waals surface area contributed by atoms with E-state index in [1.54, 1.807) is 121 Å². The first kappa shape index (κ1) is 22.6. The first-order chi connectivity index (χ1) is 17.4. The van der Waals surface area contributed by atoms with Crippen LogP contribution in [0.15, 0.2) is 121 Å². The van der Waals surface area contributed by atoms with Gasteiger partial charge in [-0.15, -0.1) is 0 Å². The predicted octanol–water partition coefficient (Wildman–Crippen LogP) is 5.14. The molecule has 1 N–H and O–H groups in total. The van der Waals surface area contributed by atoms with E-state index in [9.17, 15) is 14.5 Å². The SMILES string of the molecule is O=C1OP2(O)(OC(=O)C(c3ccccc3)(c3ccccc3)O2)OC1(c1ccccc1)c1ccccc1. The zero-order chi connectivity index (χ0) is 24.9. The average molecular weight is 500 g/mol. The Morgan fingerprint density at radius 3 is 0.972 bits per heavy atom. The van der Waals surface area contributed by atoms with E-state index in [1.165, 1.54) is 0 Å². The maximum atomic E-state index is 13.7. The summed E-state index contributed by atoms with van der Waals surface area (Å²) in [7, 11) is -5.81. The van der Waals surface area contributed by atoms with Crippen LogP contribution in [0.4, 0.5) is 0 Å². The van der Waals surface area contributed by atoms with Crippen LogP contribution in [0.2, 0.25) is 0 Å². The Kier molecular flexibility index (Phi) is 4.90. The van der Waals surface area contributed by atoms with Gasteiger partial charge < -0.3 is 0 Å². The molecular weight excluding hydrogens is 479 g/mol. The summed E-state index contributed by atoms with van der Waals surface area (Å²) in [5.74, 6) is -1.91. The molecule has 2 saturated heterocycles. The molecule has 2 aliphatic rings. The van der Waals surface area contributed by atoms with Crippen LogP contribution in [0.3, 0.4) is 0 Å². The molecule has 7 nitrogen and oxygen atoms in total. The second-order valence-corrected chi connectivity index (χ2v) is 10.8. The van der Waals surface area contributed by atoms with Crippen LogP contribution in [-0.2, 0) is 38.9 Å². The van der Waals surface area contributed by atoms with Crippen LogP contribution in [0, 0.1) is 0 Å². The summed E-state index contributed by atoms with van der Waals surface area (Å²) in [6.45, 7) is 0. The van der Waals surface area contributed by atoms with Crippen LogP contribution in [-0.4, -0.2) is 16.8 Å². The predicted molar refractivity (Wildman–Crippen MR) is 131 cm³/mol. The summed E-state index contributed by atoms with van der Waals surface area (Å²) in [6, 6.07) is 34.3. The van der Waals surface area contributed by atoms with Crippen LogP contribution >= 0.6 is 7.74 Å². The van der Waals surface area contributed by atoms with Gasteiger partial charge in [-0.25, -0.2) is 0 Å². The number of benzene rings is 4. The Hall–Kier alpha value is -3.87. The quantitative estimate of drug-likeness (QED) is 0.388. The Morgan fingerprint density at radius 2 is 0.722 bits per heavy atom. The van der Waals surface area contributed by atoms with E-state index in [1.807, 2.05) is 0 Å². The molecule has 36 heavy (non-hydrogen) atoms. The molecule has 0 atom stereocenters. The molecule has 1 spiro atoms. The topological polar surface area (TPSA) is 91.3 Å². The van der Waals surface area contributed by atoms with E-state index in [0.29, 0.717) is 22.3 Å². The number of rotatable bonds is 4. The maximum absolute atomic E-state index is 13.7. The normalized spacial score (nSPS) is 21.8. The molecule has 0 bridgehead atoms. The molecule has 2 heterocycles. The van der Waals surface area contributed by atoms with Gasteiger partial charge in [0.1, 0.15) is 0 Å². The summed E-state index contributed by atoms with van der Waals surface area (Å²) in [5, 5.41) is 0. The Morgan fingerprint density at radius 1 is 0.472 bits per heavy atom. The van der Waals surface area contributed by atoms with Gasteiger partial charge in [0.15, 0.2) is 0 Å². The monoisotopic (exact) mass is 500 g/mol. The van der Waals surface area contributed by atoms with Crippen molar-refractivity contribution in [1.82, 2.24) is 0 Å². The van der Waals surface area contributed by atoms with Crippen molar-refractivity contribution in [3.05, 3.63) is 144 Å². The van der Waals surface area contributed by atoms with Crippen LogP contribution in [0.25, 0.3) is 0 Å². The van der Waals surface area contributed by atoms with Crippen molar-refractivity contribution in [1.29, 1.82) is 0 Å². The molecule has 2 aliphatic heterocycles. The molecule has 0 aromatic heterocycles. The van der Waals surface area contributed by atoms with Crippen molar-refractivity contribution in [3.63, 3.8) is 0 Å². The molecule has 6 rings (SSSR count). The fourth-order valence-corrected chi connectivity index (χ4v) is 7.28. The molecular formula is C28H21O7P. The summed E-state index contributed by atoms with van der Waals surface area (Å²) in [5.41, 5.74) is -2.33. The molecule has 0 radical (unpaired) electrons. The molecule has 180 valence electrons. The standard InChI is InChI=1S/C28H21O7P/c29-25-27(21-13-5-1-6-14-21,22-15-7-2-8-16-22)34-36(31,32-25)33-26(30)28(35-36,23-17-9-3-10-18-23)24-19-11-4-12-20-24/h1-20,31H. The van der Waals surface area contributed by atoms with E-state index >= 15 is 0 Å².